The Balaban J connectivity index is 2.73. The lowest BCUT2D eigenvalue weighted by Gasteiger charge is -2.23. The first-order valence-corrected chi connectivity index (χ1v) is 6.91. The summed E-state index contributed by atoms with van der Waals surface area (Å²) in [6.45, 7) is 6.56. The number of amides is 1. The predicted octanol–water partition coefficient (Wildman–Crippen LogP) is 1.07. The van der Waals surface area contributed by atoms with Crippen molar-refractivity contribution in [3.8, 4) is 0 Å². The van der Waals surface area contributed by atoms with Gasteiger partial charge in [0.1, 0.15) is 0 Å². The topological polar surface area (TPSA) is 61.5 Å². The first-order chi connectivity index (χ1) is 9.47. The monoisotopic (exact) mass is 282 g/mol. The zero-order valence-corrected chi connectivity index (χ0v) is 13.2. The molecule has 0 bridgehead atoms. The number of methoxy groups -OCH3 is 1. The van der Waals surface area contributed by atoms with Crippen LogP contribution in [-0.2, 0) is 4.74 Å². The van der Waals surface area contributed by atoms with E-state index in [-0.39, 0.29) is 5.91 Å². The molecule has 1 aromatic rings. The molecule has 0 aromatic carbocycles. The van der Waals surface area contributed by atoms with Gasteiger partial charge in [-0.1, -0.05) is 0 Å². The molecule has 20 heavy (non-hydrogen) atoms. The lowest BCUT2D eigenvalue weighted by molar-refractivity contribution is 0.0688. The fraction of sp³-hybridized carbons (Fsp3) is 0.714. The Morgan fingerprint density at radius 3 is 2.45 bits per heavy atom. The van der Waals surface area contributed by atoms with E-state index < -0.39 is 0 Å². The van der Waals surface area contributed by atoms with Gasteiger partial charge in [-0.3, -0.25) is 9.89 Å². The van der Waals surface area contributed by atoms with E-state index in [1.54, 1.807) is 7.11 Å². The molecular weight excluding hydrogens is 256 g/mol. The average Bonchev–Trinajstić information content (AvgIpc) is 2.72. The van der Waals surface area contributed by atoms with E-state index in [0.29, 0.717) is 18.7 Å². The third-order valence-electron chi connectivity index (χ3n) is 3.23. The Morgan fingerprint density at radius 1 is 1.25 bits per heavy atom. The van der Waals surface area contributed by atoms with Gasteiger partial charge < -0.3 is 14.5 Å². The molecule has 114 valence electrons. The molecule has 0 aliphatic rings. The van der Waals surface area contributed by atoms with Gasteiger partial charge in [0, 0.05) is 25.9 Å². The predicted molar refractivity (Wildman–Crippen MR) is 79.0 cm³/mol. The minimum Gasteiger partial charge on any atom is -0.383 e. The van der Waals surface area contributed by atoms with Crippen LogP contribution in [0.4, 0.5) is 0 Å². The maximum atomic E-state index is 12.6. The molecule has 0 saturated heterocycles. The first kappa shape index (κ1) is 16.7. The summed E-state index contributed by atoms with van der Waals surface area (Å²) in [7, 11) is 5.72. The molecule has 6 heteroatoms. The highest BCUT2D eigenvalue weighted by molar-refractivity contribution is 5.96. The summed E-state index contributed by atoms with van der Waals surface area (Å²) in [5.41, 5.74) is 2.26. The molecule has 1 heterocycles. The Bertz CT molecular complexity index is 409. The highest BCUT2D eigenvalue weighted by atomic mass is 16.5. The van der Waals surface area contributed by atoms with Gasteiger partial charge in [-0.2, -0.15) is 5.10 Å². The fourth-order valence-electron chi connectivity index (χ4n) is 2.12. The van der Waals surface area contributed by atoms with Gasteiger partial charge in [-0.25, -0.2) is 0 Å². The molecule has 0 aliphatic heterocycles. The van der Waals surface area contributed by atoms with Crippen molar-refractivity contribution in [3.63, 3.8) is 0 Å². The molecule has 1 amide bonds. The third-order valence-corrected chi connectivity index (χ3v) is 3.23. The summed E-state index contributed by atoms with van der Waals surface area (Å²) in [4.78, 5) is 16.6. The fourth-order valence-corrected chi connectivity index (χ4v) is 2.12. The molecular formula is C14H26N4O2. The van der Waals surface area contributed by atoms with Gasteiger partial charge in [-0.05, 0) is 40.9 Å². The van der Waals surface area contributed by atoms with E-state index in [1.165, 1.54) is 0 Å². The molecule has 1 aromatic heterocycles. The largest absolute Gasteiger partial charge is 0.383 e. The number of aryl methyl sites for hydroxylation is 2. The first-order valence-electron chi connectivity index (χ1n) is 6.91. The number of carbonyl (C=O) groups excluding carboxylic acids is 1. The highest BCUT2D eigenvalue weighted by Gasteiger charge is 2.21. The SMILES string of the molecule is COCCN(CCCN(C)C)C(=O)c1c(C)n[nH]c1C. The zero-order valence-electron chi connectivity index (χ0n) is 13.2. The minimum absolute atomic E-state index is 0.0320. The minimum atomic E-state index is 0.0320. The number of H-pyrrole nitrogens is 1. The van der Waals surface area contributed by atoms with E-state index in [9.17, 15) is 4.79 Å². The van der Waals surface area contributed by atoms with Crippen molar-refractivity contribution in [1.29, 1.82) is 0 Å². The van der Waals surface area contributed by atoms with Crippen molar-refractivity contribution >= 4 is 5.91 Å². The maximum absolute atomic E-state index is 12.6. The summed E-state index contributed by atoms with van der Waals surface area (Å²) in [6.07, 6.45) is 0.943. The van der Waals surface area contributed by atoms with Crippen LogP contribution in [0.3, 0.4) is 0 Å². The molecule has 1 rings (SSSR count). The van der Waals surface area contributed by atoms with E-state index in [4.69, 9.17) is 4.74 Å². The molecule has 0 radical (unpaired) electrons. The quantitative estimate of drug-likeness (QED) is 0.774. The number of carbonyl (C=O) groups is 1. The van der Waals surface area contributed by atoms with Crippen molar-refractivity contribution in [1.82, 2.24) is 20.0 Å². The summed E-state index contributed by atoms with van der Waals surface area (Å²) in [5, 5.41) is 6.96. The molecule has 0 unspecified atom stereocenters. The molecule has 0 saturated carbocycles. The van der Waals surface area contributed by atoms with Crippen LogP contribution in [0, 0.1) is 13.8 Å². The van der Waals surface area contributed by atoms with Gasteiger partial charge in [-0.15, -0.1) is 0 Å². The number of hydrogen-bond acceptors (Lipinski definition) is 4. The van der Waals surface area contributed by atoms with E-state index in [2.05, 4.69) is 15.1 Å². The number of ether oxygens (including phenoxy) is 1. The van der Waals surface area contributed by atoms with Crippen LogP contribution in [0.25, 0.3) is 0 Å². The van der Waals surface area contributed by atoms with Crippen LogP contribution in [-0.4, -0.2) is 73.4 Å². The highest BCUT2D eigenvalue weighted by Crippen LogP contribution is 2.13. The van der Waals surface area contributed by atoms with Gasteiger partial charge in [0.15, 0.2) is 0 Å². The van der Waals surface area contributed by atoms with Gasteiger partial charge in [0.05, 0.1) is 17.9 Å². The second-order valence-electron chi connectivity index (χ2n) is 5.25. The number of nitrogens with zero attached hydrogens (tertiary/aromatic N) is 3. The van der Waals surface area contributed by atoms with E-state index >= 15 is 0 Å². The Hall–Kier alpha value is -1.40. The van der Waals surface area contributed by atoms with Crippen LogP contribution in [0.2, 0.25) is 0 Å². The van der Waals surface area contributed by atoms with Crippen LogP contribution in [0.5, 0.6) is 0 Å². The summed E-state index contributed by atoms with van der Waals surface area (Å²) in [6, 6.07) is 0. The van der Waals surface area contributed by atoms with E-state index in [0.717, 1.165) is 30.9 Å². The van der Waals surface area contributed by atoms with Crippen molar-refractivity contribution in [2.45, 2.75) is 20.3 Å². The Labute approximate surface area is 121 Å². The van der Waals surface area contributed by atoms with Crippen LogP contribution < -0.4 is 0 Å². The summed E-state index contributed by atoms with van der Waals surface area (Å²) < 4.78 is 5.10. The second kappa shape index (κ2) is 8.01. The van der Waals surface area contributed by atoms with Crippen LogP contribution >= 0.6 is 0 Å². The van der Waals surface area contributed by atoms with Crippen molar-refractivity contribution in [2.24, 2.45) is 0 Å². The van der Waals surface area contributed by atoms with Gasteiger partial charge >= 0.3 is 0 Å². The third kappa shape index (κ3) is 4.61. The summed E-state index contributed by atoms with van der Waals surface area (Å²) >= 11 is 0. The van der Waals surface area contributed by atoms with Crippen molar-refractivity contribution < 1.29 is 9.53 Å². The van der Waals surface area contributed by atoms with Crippen LogP contribution in [0.15, 0.2) is 0 Å². The van der Waals surface area contributed by atoms with Crippen LogP contribution in [0.1, 0.15) is 28.2 Å². The van der Waals surface area contributed by atoms with E-state index in [1.807, 2.05) is 32.8 Å². The number of aromatic nitrogens is 2. The molecule has 0 spiro atoms. The number of rotatable bonds is 8. The standard InChI is InChI=1S/C14H26N4O2/c1-11-13(12(2)16-15-11)14(19)18(9-10-20-5)8-6-7-17(3)4/h6-10H2,1-5H3,(H,15,16). The Kier molecular flexibility index (Phi) is 6.67. The summed E-state index contributed by atoms with van der Waals surface area (Å²) in [5.74, 6) is 0.0320. The molecule has 1 N–H and O–H groups in total. The molecule has 0 atom stereocenters. The molecule has 0 fully saturated rings. The van der Waals surface area contributed by atoms with Gasteiger partial charge in [0.2, 0.25) is 0 Å². The zero-order chi connectivity index (χ0) is 15.1. The lowest BCUT2D eigenvalue weighted by atomic mass is 10.1. The average molecular weight is 282 g/mol. The normalized spacial score (nSPS) is 11.1. The second-order valence-corrected chi connectivity index (χ2v) is 5.25. The number of hydrogen-bond donors (Lipinski definition) is 1. The molecule has 0 aliphatic carbocycles. The number of nitrogens with one attached hydrogen (secondary N) is 1. The van der Waals surface area contributed by atoms with Gasteiger partial charge in [0.25, 0.3) is 5.91 Å². The Morgan fingerprint density at radius 2 is 1.95 bits per heavy atom. The molecule has 6 nitrogen and oxygen atoms in total. The van der Waals surface area contributed by atoms with Crippen molar-refractivity contribution in [3.05, 3.63) is 17.0 Å². The van der Waals surface area contributed by atoms with Crippen molar-refractivity contribution in [2.75, 3.05) is 47.4 Å². The lowest BCUT2D eigenvalue weighted by Crippen LogP contribution is -2.36. The smallest absolute Gasteiger partial charge is 0.257 e. The maximum Gasteiger partial charge on any atom is 0.257 e. The number of aromatic amines is 1.